The summed E-state index contributed by atoms with van der Waals surface area (Å²) in [7, 11) is 0. The smallest absolute Gasteiger partial charge is 0.243 e. The minimum Gasteiger partial charge on any atom is -0.352 e. The fourth-order valence-corrected chi connectivity index (χ4v) is 4.39. The van der Waals surface area contributed by atoms with E-state index in [-0.39, 0.29) is 17.9 Å². The second kappa shape index (κ2) is 13.6. The summed E-state index contributed by atoms with van der Waals surface area (Å²) in [6.45, 7) is 6.55. The zero-order chi connectivity index (χ0) is 22.6. The van der Waals surface area contributed by atoms with Crippen LogP contribution in [0, 0.1) is 0 Å². The van der Waals surface area contributed by atoms with Gasteiger partial charge in [0.1, 0.15) is 6.04 Å². The maximum Gasteiger partial charge on any atom is 0.243 e. The summed E-state index contributed by atoms with van der Waals surface area (Å²) in [6.07, 6.45) is 2.19. The molecule has 6 heteroatoms. The first-order valence-corrected chi connectivity index (χ1v) is 12.8. The van der Waals surface area contributed by atoms with Crippen LogP contribution in [0.15, 0.2) is 59.1 Å². The third-order valence-electron chi connectivity index (χ3n) is 5.28. The van der Waals surface area contributed by atoms with E-state index in [2.05, 4.69) is 45.5 Å². The summed E-state index contributed by atoms with van der Waals surface area (Å²) < 4.78 is 1.04. The maximum atomic E-state index is 13.2. The van der Waals surface area contributed by atoms with Crippen LogP contribution in [0.2, 0.25) is 0 Å². The minimum absolute atomic E-state index is 0.0178. The van der Waals surface area contributed by atoms with Crippen molar-refractivity contribution >= 4 is 39.5 Å². The van der Waals surface area contributed by atoms with Crippen LogP contribution in [-0.4, -0.2) is 41.1 Å². The summed E-state index contributed by atoms with van der Waals surface area (Å²) in [5, 5.41) is 3.06. The number of nitrogens with zero attached hydrogens (tertiary/aromatic N) is 1. The van der Waals surface area contributed by atoms with Gasteiger partial charge < -0.3 is 10.2 Å². The third-order valence-corrected chi connectivity index (χ3v) is 6.80. The molecule has 2 atom stereocenters. The molecule has 0 aliphatic heterocycles. The van der Waals surface area contributed by atoms with Gasteiger partial charge in [0, 0.05) is 22.8 Å². The van der Waals surface area contributed by atoms with E-state index in [0.29, 0.717) is 18.7 Å². The van der Waals surface area contributed by atoms with Crippen molar-refractivity contribution in [3.63, 3.8) is 0 Å². The van der Waals surface area contributed by atoms with E-state index >= 15 is 0 Å². The normalized spacial score (nSPS) is 12.8. The number of amides is 2. The van der Waals surface area contributed by atoms with Crippen LogP contribution in [0.1, 0.15) is 44.7 Å². The molecular weight excluding hydrogens is 472 g/mol. The average Bonchev–Trinajstić information content (AvgIpc) is 2.78. The lowest BCUT2D eigenvalue weighted by atomic mass is 10.1. The molecule has 0 aliphatic rings. The largest absolute Gasteiger partial charge is 0.352 e. The first kappa shape index (κ1) is 25.5. The highest BCUT2D eigenvalue weighted by atomic mass is 79.9. The van der Waals surface area contributed by atoms with Gasteiger partial charge in [-0.2, -0.15) is 0 Å². The molecule has 2 rings (SSSR count). The fraction of sp³-hybridized carbons (Fsp3) is 0.440. The van der Waals surface area contributed by atoms with Crippen molar-refractivity contribution in [3.8, 4) is 0 Å². The molecule has 0 aromatic heterocycles. The first-order chi connectivity index (χ1) is 14.9. The molecular formula is C25H33BrN2O2S. The number of benzene rings is 2. The molecule has 31 heavy (non-hydrogen) atoms. The average molecular weight is 506 g/mol. The Balaban J connectivity index is 2.05. The second-order valence-corrected chi connectivity index (χ2v) is 9.59. The standard InChI is InChI=1S/C25H33BrN2O2S/c1-4-19(3)27-25(30)23(5-2)28(16-15-20-9-7-6-8-10-20)24(29)18-31-17-21-11-13-22(26)14-12-21/h6-14,19,23H,4-5,15-18H2,1-3H3,(H,27,30)/t19-,23+/m1/s1. The lowest BCUT2D eigenvalue weighted by molar-refractivity contribution is -0.139. The van der Waals surface area contributed by atoms with Crippen molar-refractivity contribution < 1.29 is 9.59 Å². The predicted molar refractivity (Wildman–Crippen MR) is 134 cm³/mol. The Morgan fingerprint density at radius 3 is 2.29 bits per heavy atom. The Bertz CT molecular complexity index is 814. The maximum absolute atomic E-state index is 13.2. The van der Waals surface area contributed by atoms with Crippen LogP contribution in [0.5, 0.6) is 0 Å². The van der Waals surface area contributed by atoms with Gasteiger partial charge >= 0.3 is 0 Å². The Labute approximate surface area is 199 Å². The molecule has 0 aliphatic carbocycles. The van der Waals surface area contributed by atoms with Gasteiger partial charge in [-0.25, -0.2) is 0 Å². The van der Waals surface area contributed by atoms with E-state index in [9.17, 15) is 9.59 Å². The summed E-state index contributed by atoms with van der Waals surface area (Å²) in [5.41, 5.74) is 2.35. The number of carbonyl (C=O) groups excluding carboxylic acids is 2. The quantitative estimate of drug-likeness (QED) is 0.418. The van der Waals surface area contributed by atoms with Crippen molar-refractivity contribution in [3.05, 3.63) is 70.2 Å². The molecule has 2 aromatic rings. The number of nitrogens with one attached hydrogen (secondary N) is 1. The molecule has 1 N–H and O–H groups in total. The molecule has 4 nitrogen and oxygen atoms in total. The van der Waals surface area contributed by atoms with E-state index < -0.39 is 6.04 Å². The Hall–Kier alpha value is -1.79. The lowest BCUT2D eigenvalue weighted by Crippen LogP contribution is -2.52. The monoisotopic (exact) mass is 504 g/mol. The summed E-state index contributed by atoms with van der Waals surface area (Å²) in [6, 6.07) is 17.9. The number of carbonyl (C=O) groups is 2. The Morgan fingerprint density at radius 2 is 1.68 bits per heavy atom. The zero-order valence-corrected chi connectivity index (χ0v) is 21.0. The predicted octanol–water partition coefficient (Wildman–Crippen LogP) is 5.45. The molecule has 0 unspecified atom stereocenters. The summed E-state index contributed by atoms with van der Waals surface area (Å²) >= 11 is 5.04. The van der Waals surface area contributed by atoms with Gasteiger partial charge in [-0.15, -0.1) is 11.8 Å². The van der Waals surface area contributed by atoms with Gasteiger partial charge in [0.05, 0.1) is 5.75 Å². The molecule has 0 saturated heterocycles. The van der Waals surface area contributed by atoms with Crippen LogP contribution in [-0.2, 0) is 21.8 Å². The van der Waals surface area contributed by atoms with Crippen molar-refractivity contribution in [1.29, 1.82) is 0 Å². The Kier molecular flexibility index (Phi) is 11.2. The molecule has 0 fully saturated rings. The zero-order valence-electron chi connectivity index (χ0n) is 18.6. The highest BCUT2D eigenvalue weighted by Crippen LogP contribution is 2.18. The molecule has 0 bridgehead atoms. The molecule has 0 saturated carbocycles. The molecule has 2 amide bonds. The first-order valence-electron chi connectivity index (χ1n) is 10.9. The van der Waals surface area contributed by atoms with Gasteiger partial charge in [-0.1, -0.05) is 72.2 Å². The molecule has 0 heterocycles. The number of hydrogen-bond acceptors (Lipinski definition) is 3. The third kappa shape index (κ3) is 8.69. The number of hydrogen-bond donors (Lipinski definition) is 1. The number of halogens is 1. The topological polar surface area (TPSA) is 49.4 Å². The number of thioether (sulfide) groups is 1. The molecule has 2 aromatic carbocycles. The SMILES string of the molecule is CC[C@@H](C)NC(=O)[C@H](CC)N(CCc1ccccc1)C(=O)CSCc1ccc(Br)cc1. The van der Waals surface area contributed by atoms with Gasteiger partial charge in [-0.05, 0) is 49.4 Å². The van der Waals surface area contributed by atoms with Gasteiger partial charge in [0.25, 0.3) is 0 Å². The molecule has 0 spiro atoms. The summed E-state index contributed by atoms with van der Waals surface area (Å²) in [5.74, 6) is 1.08. The van der Waals surface area contributed by atoms with E-state index in [1.165, 1.54) is 11.1 Å². The van der Waals surface area contributed by atoms with E-state index in [4.69, 9.17) is 0 Å². The van der Waals surface area contributed by atoms with Crippen molar-refractivity contribution in [1.82, 2.24) is 10.2 Å². The van der Waals surface area contributed by atoms with E-state index in [0.717, 1.165) is 23.1 Å². The van der Waals surface area contributed by atoms with Gasteiger partial charge in [-0.3, -0.25) is 9.59 Å². The van der Waals surface area contributed by atoms with Crippen molar-refractivity contribution in [2.75, 3.05) is 12.3 Å². The van der Waals surface area contributed by atoms with Crippen LogP contribution in [0.3, 0.4) is 0 Å². The van der Waals surface area contributed by atoms with Crippen LogP contribution >= 0.6 is 27.7 Å². The highest BCUT2D eigenvalue weighted by Gasteiger charge is 2.28. The summed E-state index contributed by atoms with van der Waals surface area (Å²) in [4.78, 5) is 27.9. The van der Waals surface area contributed by atoms with Crippen molar-refractivity contribution in [2.24, 2.45) is 0 Å². The molecule has 168 valence electrons. The van der Waals surface area contributed by atoms with Gasteiger partial charge in [0.2, 0.25) is 11.8 Å². The fourth-order valence-electron chi connectivity index (χ4n) is 3.26. The van der Waals surface area contributed by atoms with Crippen LogP contribution < -0.4 is 5.32 Å². The van der Waals surface area contributed by atoms with Gasteiger partial charge in [0.15, 0.2) is 0 Å². The number of rotatable bonds is 12. The van der Waals surface area contributed by atoms with Crippen molar-refractivity contribution in [2.45, 2.75) is 57.9 Å². The second-order valence-electron chi connectivity index (χ2n) is 7.68. The lowest BCUT2D eigenvalue weighted by Gasteiger charge is -2.31. The van der Waals surface area contributed by atoms with E-state index in [1.807, 2.05) is 51.1 Å². The highest BCUT2D eigenvalue weighted by molar-refractivity contribution is 9.10. The van der Waals surface area contributed by atoms with Crippen LogP contribution in [0.4, 0.5) is 0 Å². The molecule has 0 radical (unpaired) electrons. The minimum atomic E-state index is -0.446. The van der Waals surface area contributed by atoms with Crippen LogP contribution in [0.25, 0.3) is 0 Å². The van der Waals surface area contributed by atoms with E-state index in [1.54, 1.807) is 16.7 Å². The Morgan fingerprint density at radius 1 is 1.00 bits per heavy atom.